The normalized spacial score (nSPS) is 17.1. The molecule has 5 nitrogen and oxygen atoms in total. The van der Waals surface area contributed by atoms with E-state index in [1.54, 1.807) is 11.3 Å². The number of nitrogens with one attached hydrogen (secondary N) is 1. The number of thiazole rings is 1. The molecule has 6 heteroatoms. The molecule has 1 fully saturated rings. The van der Waals surface area contributed by atoms with Gasteiger partial charge in [0.2, 0.25) is 5.91 Å². The smallest absolute Gasteiger partial charge is 0.225 e. The number of amides is 1. The van der Waals surface area contributed by atoms with Crippen molar-refractivity contribution in [2.75, 3.05) is 13.1 Å². The maximum atomic E-state index is 12.7. The minimum atomic E-state index is -0.403. The molecule has 1 N–H and O–H groups in total. The number of aromatic nitrogens is 1. The van der Waals surface area contributed by atoms with Crippen LogP contribution in [0.15, 0.2) is 35.8 Å². The van der Waals surface area contributed by atoms with E-state index in [2.05, 4.69) is 47.2 Å². The number of likely N-dealkylation sites (tertiary alicyclic amines) is 1. The average Bonchev–Trinajstić information content (AvgIpc) is 3.20. The lowest BCUT2D eigenvalue weighted by Gasteiger charge is -2.36. The van der Waals surface area contributed by atoms with Gasteiger partial charge in [-0.25, -0.2) is 4.98 Å². The summed E-state index contributed by atoms with van der Waals surface area (Å²) in [7, 11) is 0. The minimum Gasteiger partial charge on any atom is -0.491 e. The fraction of sp³-hybridized carbons (Fsp3) is 0.583. The van der Waals surface area contributed by atoms with Gasteiger partial charge in [-0.1, -0.05) is 32.9 Å². The fourth-order valence-corrected chi connectivity index (χ4v) is 4.60. The molecule has 0 aliphatic carbocycles. The molecule has 2 heterocycles. The molecular formula is C24H35N3O2S. The van der Waals surface area contributed by atoms with Crippen molar-refractivity contribution < 1.29 is 9.53 Å². The van der Waals surface area contributed by atoms with E-state index in [0.29, 0.717) is 5.92 Å². The molecule has 1 amide bonds. The van der Waals surface area contributed by atoms with Crippen molar-refractivity contribution in [1.29, 1.82) is 0 Å². The minimum absolute atomic E-state index is 0.00152. The van der Waals surface area contributed by atoms with E-state index in [1.807, 2.05) is 38.4 Å². The summed E-state index contributed by atoms with van der Waals surface area (Å²) in [5.41, 5.74) is 0.878. The van der Waals surface area contributed by atoms with Crippen LogP contribution in [-0.2, 0) is 11.3 Å². The maximum Gasteiger partial charge on any atom is 0.225 e. The molecule has 0 saturated carbocycles. The van der Waals surface area contributed by atoms with Crippen molar-refractivity contribution in [3.05, 3.63) is 46.4 Å². The van der Waals surface area contributed by atoms with E-state index in [1.165, 1.54) is 5.56 Å². The Morgan fingerprint density at radius 3 is 2.63 bits per heavy atom. The number of benzene rings is 1. The molecule has 30 heavy (non-hydrogen) atoms. The molecule has 0 radical (unpaired) electrons. The Bertz CT molecular complexity index is 806. The highest BCUT2D eigenvalue weighted by molar-refractivity contribution is 7.09. The molecule has 164 valence electrons. The predicted molar refractivity (Wildman–Crippen MR) is 123 cm³/mol. The quantitative estimate of drug-likeness (QED) is 0.669. The summed E-state index contributed by atoms with van der Waals surface area (Å²) in [5, 5.41) is 6.30. The van der Waals surface area contributed by atoms with Crippen molar-refractivity contribution in [3.8, 4) is 5.75 Å². The first-order chi connectivity index (χ1) is 14.2. The molecule has 2 aromatic rings. The lowest BCUT2D eigenvalue weighted by Crippen LogP contribution is -2.43. The second-order valence-electron chi connectivity index (χ2n) is 9.50. The molecule has 1 aromatic carbocycles. The molecule has 0 spiro atoms. The Morgan fingerprint density at radius 2 is 2.03 bits per heavy atom. The predicted octanol–water partition coefficient (Wildman–Crippen LogP) is 5.05. The van der Waals surface area contributed by atoms with Crippen LogP contribution < -0.4 is 10.1 Å². The van der Waals surface area contributed by atoms with Crippen molar-refractivity contribution in [1.82, 2.24) is 15.2 Å². The topological polar surface area (TPSA) is 54.5 Å². The number of hydrogen-bond acceptors (Lipinski definition) is 5. The van der Waals surface area contributed by atoms with E-state index in [9.17, 15) is 4.79 Å². The number of nitrogens with zero attached hydrogens (tertiary/aromatic N) is 2. The molecule has 0 unspecified atom stereocenters. The van der Waals surface area contributed by atoms with Gasteiger partial charge in [0.15, 0.2) is 0 Å². The van der Waals surface area contributed by atoms with Crippen LogP contribution >= 0.6 is 11.3 Å². The summed E-state index contributed by atoms with van der Waals surface area (Å²) in [6.07, 6.45) is 4.12. The molecule has 0 bridgehead atoms. The van der Waals surface area contributed by atoms with Crippen molar-refractivity contribution in [3.63, 3.8) is 0 Å². The average molecular weight is 430 g/mol. The standard InChI is InChI=1S/C24H35N3O2S/c1-17(2)29-20-8-6-7-18(15-20)16-27-12-9-19(10-13-27)21(22-25-11-14-30-22)26-23(28)24(3,4)5/h6-8,11,14-15,17,19,21H,9-10,12-13,16H2,1-5H3,(H,26,28)/t21-/m0/s1. The summed E-state index contributed by atoms with van der Waals surface area (Å²) in [4.78, 5) is 19.7. The molecular weight excluding hydrogens is 394 g/mol. The van der Waals surface area contributed by atoms with Crippen molar-refractivity contribution in [2.45, 2.75) is 66.2 Å². The lowest BCUT2D eigenvalue weighted by molar-refractivity contribution is -0.129. The van der Waals surface area contributed by atoms with Crippen LogP contribution in [0.5, 0.6) is 5.75 Å². The first-order valence-electron chi connectivity index (χ1n) is 10.9. The van der Waals surface area contributed by atoms with Gasteiger partial charge in [0.05, 0.1) is 12.1 Å². The highest BCUT2D eigenvalue weighted by atomic mass is 32.1. The number of carbonyl (C=O) groups is 1. The van der Waals surface area contributed by atoms with Gasteiger partial charge in [-0.15, -0.1) is 11.3 Å². The maximum absolute atomic E-state index is 12.7. The third kappa shape index (κ3) is 6.29. The SMILES string of the molecule is CC(C)Oc1cccc(CN2CCC([C@H](NC(=O)C(C)(C)C)c3nccs3)CC2)c1. The lowest BCUT2D eigenvalue weighted by atomic mass is 9.87. The number of hydrogen-bond donors (Lipinski definition) is 1. The van der Waals surface area contributed by atoms with Crippen LogP contribution in [0, 0.1) is 11.3 Å². The van der Waals surface area contributed by atoms with Crippen molar-refractivity contribution >= 4 is 17.2 Å². The Hall–Kier alpha value is -1.92. The van der Waals surface area contributed by atoms with E-state index in [-0.39, 0.29) is 18.1 Å². The Morgan fingerprint density at radius 1 is 1.30 bits per heavy atom. The zero-order valence-corrected chi connectivity index (χ0v) is 19.7. The second kappa shape index (κ2) is 9.92. The molecule has 1 aromatic heterocycles. The molecule has 1 aliphatic heterocycles. The van der Waals surface area contributed by atoms with Crippen LogP contribution in [-0.4, -0.2) is 35.0 Å². The largest absolute Gasteiger partial charge is 0.491 e. The first kappa shape index (κ1) is 22.8. The van der Waals surface area contributed by atoms with Crippen LogP contribution in [0.3, 0.4) is 0 Å². The third-order valence-corrected chi connectivity index (χ3v) is 6.32. The monoisotopic (exact) mass is 429 g/mol. The van der Waals surface area contributed by atoms with Gasteiger partial charge in [0.1, 0.15) is 10.8 Å². The molecule has 1 atom stereocenters. The number of piperidine rings is 1. The van der Waals surface area contributed by atoms with Crippen molar-refractivity contribution in [2.24, 2.45) is 11.3 Å². The van der Waals surface area contributed by atoms with Gasteiger partial charge in [-0.3, -0.25) is 9.69 Å². The fourth-order valence-electron chi connectivity index (χ4n) is 3.82. The summed E-state index contributed by atoms with van der Waals surface area (Å²) < 4.78 is 5.83. The van der Waals surface area contributed by atoms with Crippen LogP contribution in [0.2, 0.25) is 0 Å². The van der Waals surface area contributed by atoms with E-state index < -0.39 is 5.41 Å². The number of ether oxygens (including phenoxy) is 1. The van der Waals surface area contributed by atoms with Gasteiger partial charge in [0, 0.05) is 23.5 Å². The van der Waals surface area contributed by atoms with Gasteiger partial charge < -0.3 is 10.1 Å². The zero-order chi connectivity index (χ0) is 21.7. The summed E-state index contributed by atoms with van der Waals surface area (Å²) in [5.74, 6) is 1.44. The zero-order valence-electron chi connectivity index (χ0n) is 18.9. The highest BCUT2D eigenvalue weighted by Crippen LogP contribution is 2.33. The van der Waals surface area contributed by atoms with Crippen LogP contribution in [0.25, 0.3) is 0 Å². The molecule has 1 saturated heterocycles. The Kier molecular flexibility index (Phi) is 7.53. The summed E-state index contributed by atoms with van der Waals surface area (Å²) in [6, 6.07) is 8.41. The summed E-state index contributed by atoms with van der Waals surface area (Å²) in [6.45, 7) is 12.9. The summed E-state index contributed by atoms with van der Waals surface area (Å²) >= 11 is 1.63. The van der Waals surface area contributed by atoms with E-state index in [4.69, 9.17) is 4.74 Å². The second-order valence-corrected chi connectivity index (χ2v) is 10.4. The number of carbonyl (C=O) groups excluding carboxylic acids is 1. The van der Waals surface area contributed by atoms with E-state index in [0.717, 1.165) is 43.2 Å². The number of rotatable bonds is 7. The van der Waals surface area contributed by atoms with Crippen LogP contribution in [0.1, 0.15) is 64.1 Å². The van der Waals surface area contributed by atoms with Gasteiger partial charge in [0.25, 0.3) is 0 Å². The van der Waals surface area contributed by atoms with E-state index >= 15 is 0 Å². The molecule has 1 aliphatic rings. The van der Waals surface area contributed by atoms with Gasteiger partial charge >= 0.3 is 0 Å². The van der Waals surface area contributed by atoms with Gasteiger partial charge in [-0.2, -0.15) is 0 Å². The highest BCUT2D eigenvalue weighted by Gasteiger charge is 2.33. The third-order valence-electron chi connectivity index (χ3n) is 5.47. The molecule has 3 rings (SSSR count). The Balaban J connectivity index is 1.60. The van der Waals surface area contributed by atoms with Crippen LogP contribution in [0.4, 0.5) is 0 Å². The van der Waals surface area contributed by atoms with Gasteiger partial charge in [-0.05, 0) is 63.4 Å². The Labute approximate surface area is 184 Å². The first-order valence-corrected chi connectivity index (χ1v) is 11.8.